The number of hydrogen-bond donors (Lipinski definition) is 1. The van der Waals surface area contributed by atoms with Gasteiger partial charge in [0.1, 0.15) is 0 Å². The Balaban J connectivity index is 4.64. The van der Waals surface area contributed by atoms with Crippen LogP contribution in [0.3, 0.4) is 0 Å². The van der Waals surface area contributed by atoms with Gasteiger partial charge in [-0.05, 0) is 0 Å². The molecule has 0 heterocycles. The van der Waals surface area contributed by atoms with E-state index in [1.165, 1.54) is 0 Å². The molecule has 60 valence electrons. The zero-order valence-electron chi connectivity index (χ0n) is 5.18. The first-order valence-corrected chi connectivity index (χ1v) is 5.68. The van der Waals surface area contributed by atoms with Gasteiger partial charge >= 0.3 is 0 Å². The molecule has 0 amide bonds. The SMILES string of the molecule is CS(=O)(=O)/C=C\S(N)(=O)=O. The van der Waals surface area contributed by atoms with Crippen molar-refractivity contribution in [2.75, 3.05) is 6.26 Å². The van der Waals surface area contributed by atoms with Gasteiger partial charge in [-0.1, -0.05) is 0 Å². The summed E-state index contributed by atoms with van der Waals surface area (Å²) in [5, 5.41) is 5.43. The minimum absolute atomic E-state index is 0.433. The fourth-order valence-corrected chi connectivity index (χ4v) is 1.61. The van der Waals surface area contributed by atoms with E-state index in [1.807, 2.05) is 0 Å². The third kappa shape index (κ3) is 7.60. The van der Waals surface area contributed by atoms with Crippen LogP contribution in [0.15, 0.2) is 10.8 Å². The third-order valence-corrected chi connectivity index (χ3v) is 1.81. The number of hydrogen-bond acceptors (Lipinski definition) is 4. The molecule has 0 saturated carbocycles. The van der Waals surface area contributed by atoms with E-state index in [2.05, 4.69) is 5.14 Å². The molecule has 0 aliphatic carbocycles. The van der Waals surface area contributed by atoms with Gasteiger partial charge in [-0.2, -0.15) is 0 Å². The molecule has 7 heteroatoms. The summed E-state index contributed by atoms with van der Waals surface area (Å²) in [5.74, 6) is 0. The number of rotatable bonds is 2. The lowest BCUT2D eigenvalue weighted by Crippen LogP contribution is -2.07. The molecule has 0 spiro atoms. The molecule has 0 radical (unpaired) electrons. The van der Waals surface area contributed by atoms with Crippen LogP contribution in [0, 0.1) is 0 Å². The zero-order chi connectivity index (χ0) is 8.41. The first-order valence-electron chi connectivity index (χ1n) is 2.12. The van der Waals surface area contributed by atoms with E-state index in [9.17, 15) is 16.8 Å². The number of sulfone groups is 1. The molecule has 0 unspecified atom stereocenters. The molecule has 0 rings (SSSR count). The summed E-state index contributed by atoms with van der Waals surface area (Å²) in [6.45, 7) is 0. The highest BCUT2D eigenvalue weighted by Crippen LogP contribution is 1.87. The van der Waals surface area contributed by atoms with Crippen molar-refractivity contribution in [3.63, 3.8) is 0 Å². The Hall–Kier alpha value is -0.400. The summed E-state index contributed by atoms with van der Waals surface area (Å²) in [7, 11) is -7.21. The van der Waals surface area contributed by atoms with Crippen molar-refractivity contribution in [3.05, 3.63) is 10.8 Å². The summed E-state index contributed by atoms with van der Waals surface area (Å²) in [5.41, 5.74) is 0. The average molecular weight is 185 g/mol. The van der Waals surface area contributed by atoms with Gasteiger partial charge < -0.3 is 0 Å². The molecule has 0 aromatic carbocycles. The highest BCUT2D eigenvalue weighted by atomic mass is 32.2. The van der Waals surface area contributed by atoms with E-state index >= 15 is 0 Å². The summed E-state index contributed by atoms with van der Waals surface area (Å²) in [6.07, 6.45) is 0.870. The molecule has 0 aromatic rings. The molecule has 0 atom stereocenters. The quantitative estimate of drug-likeness (QED) is 0.584. The molecule has 0 bridgehead atoms. The van der Waals surface area contributed by atoms with Crippen LogP contribution in [-0.4, -0.2) is 23.1 Å². The van der Waals surface area contributed by atoms with E-state index < -0.39 is 19.9 Å². The zero-order valence-corrected chi connectivity index (χ0v) is 6.81. The highest BCUT2D eigenvalue weighted by molar-refractivity contribution is 7.96. The lowest BCUT2D eigenvalue weighted by Gasteiger charge is -1.84. The third-order valence-electron chi connectivity index (χ3n) is 0.492. The van der Waals surface area contributed by atoms with E-state index in [0.29, 0.717) is 10.8 Å². The van der Waals surface area contributed by atoms with Gasteiger partial charge in [0.15, 0.2) is 9.84 Å². The van der Waals surface area contributed by atoms with Crippen molar-refractivity contribution < 1.29 is 16.8 Å². The molecule has 0 saturated heterocycles. The molecule has 0 aliphatic rings. The maximum absolute atomic E-state index is 10.3. The smallest absolute Gasteiger partial charge is 0.225 e. The monoisotopic (exact) mass is 185 g/mol. The number of sulfonamides is 1. The Morgan fingerprint density at radius 1 is 1.10 bits per heavy atom. The van der Waals surface area contributed by atoms with Crippen molar-refractivity contribution in [1.29, 1.82) is 0 Å². The van der Waals surface area contributed by atoms with Crippen molar-refractivity contribution in [1.82, 2.24) is 0 Å². The van der Waals surface area contributed by atoms with Crippen molar-refractivity contribution in [3.8, 4) is 0 Å². The Morgan fingerprint density at radius 2 is 1.50 bits per heavy atom. The fraction of sp³-hybridized carbons (Fsp3) is 0.333. The van der Waals surface area contributed by atoms with Gasteiger partial charge in [0.05, 0.1) is 5.41 Å². The molecule has 0 fully saturated rings. The minimum atomic E-state index is -3.82. The van der Waals surface area contributed by atoms with E-state index in [4.69, 9.17) is 0 Å². The summed E-state index contributed by atoms with van der Waals surface area (Å²) >= 11 is 0. The van der Waals surface area contributed by atoms with E-state index in [1.54, 1.807) is 0 Å². The second-order valence-corrected chi connectivity index (χ2v) is 5.07. The highest BCUT2D eigenvalue weighted by Gasteiger charge is 1.97. The second kappa shape index (κ2) is 2.69. The molecule has 0 aromatic heterocycles. The van der Waals surface area contributed by atoms with Crippen LogP contribution in [0.5, 0.6) is 0 Å². The van der Waals surface area contributed by atoms with Crippen LogP contribution >= 0.6 is 0 Å². The topological polar surface area (TPSA) is 94.3 Å². The molecule has 10 heavy (non-hydrogen) atoms. The predicted octanol–water partition coefficient (Wildman–Crippen LogP) is -1.21. The van der Waals surface area contributed by atoms with Gasteiger partial charge in [0.25, 0.3) is 0 Å². The van der Waals surface area contributed by atoms with E-state index in [0.717, 1.165) is 6.26 Å². The summed E-state index contributed by atoms with van der Waals surface area (Å²) in [6, 6.07) is 0. The van der Waals surface area contributed by atoms with Gasteiger partial charge in [0, 0.05) is 11.7 Å². The Bertz CT molecular complexity index is 288. The van der Waals surface area contributed by atoms with Gasteiger partial charge in [0.2, 0.25) is 10.0 Å². The lowest BCUT2D eigenvalue weighted by molar-refractivity contribution is 0.603. The first-order chi connectivity index (χ1) is 4.21. The summed E-state index contributed by atoms with van der Waals surface area (Å²) in [4.78, 5) is 0. The molecule has 0 aliphatic heterocycles. The fourth-order valence-electron chi connectivity index (χ4n) is 0.178. The predicted molar refractivity (Wildman–Crippen MR) is 37.1 cm³/mol. The van der Waals surface area contributed by atoms with Crippen LogP contribution in [-0.2, 0) is 19.9 Å². The molecule has 5 nitrogen and oxygen atoms in total. The molecular weight excluding hydrogens is 178 g/mol. The maximum Gasteiger partial charge on any atom is 0.231 e. The van der Waals surface area contributed by atoms with Gasteiger partial charge in [-0.15, -0.1) is 0 Å². The summed E-state index contributed by atoms with van der Waals surface area (Å²) < 4.78 is 40.8. The lowest BCUT2D eigenvalue weighted by atomic mass is 11.3. The Kier molecular flexibility index (Phi) is 2.58. The average Bonchev–Trinajstić information content (AvgIpc) is 1.57. The Labute approximate surface area is 59.5 Å². The van der Waals surface area contributed by atoms with Crippen molar-refractivity contribution in [2.24, 2.45) is 5.14 Å². The van der Waals surface area contributed by atoms with Gasteiger partial charge in [-0.3, -0.25) is 0 Å². The second-order valence-electron chi connectivity index (χ2n) is 1.69. The first kappa shape index (κ1) is 9.60. The van der Waals surface area contributed by atoms with Crippen molar-refractivity contribution in [2.45, 2.75) is 0 Å². The standard InChI is InChI=1S/C3H7NO4S2/c1-9(5,6)2-3-10(4,7)8/h2-3H,1H3,(H2,4,7,8)/b3-2-. The molecular formula is C3H7NO4S2. The van der Waals surface area contributed by atoms with Crippen molar-refractivity contribution >= 4 is 19.9 Å². The van der Waals surface area contributed by atoms with Gasteiger partial charge in [-0.25, -0.2) is 22.0 Å². The number of nitrogens with two attached hydrogens (primary N) is 1. The minimum Gasteiger partial charge on any atom is -0.225 e. The van der Waals surface area contributed by atoms with Crippen LogP contribution in [0.1, 0.15) is 0 Å². The maximum atomic E-state index is 10.3. The van der Waals surface area contributed by atoms with Crippen LogP contribution in [0.4, 0.5) is 0 Å². The normalized spacial score (nSPS) is 14.2. The Morgan fingerprint density at radius 3 is 1.60 bits per heavy atom. The van der Waals surface area contributed by atoms with E-state index in [-0.39, 0.29) is 0 Å². The van der Waals surface area contributed by atoms with Crippen LogP contribution in [0.2, 0.25) is 0 Å². The van der Waals surface area contributed by atoms with Crippen LogP contribution < -0.4 is 5.14 Å². The molecule has 2 N–H and O–H groups in total. The van der Waals surface area contributed by atoms with Crippen LogP contribution in [0.25, 0.3) is 0 Å². The largest absolute Gasteiger partial charge is 0.231 e. The number of primary sulfonamides is 1.